The number of rotatable bonds is 5. The van der Waals surface area contributed by atoms with Crippen LogP contribution in [0.1, 0.15) is 32.0 Å². The molecular formula is C30H28FN9O2. The molecule has 0 bridgehead atoms. The van der Waals surface area contributed by atoms with Gasteiger partial charge >= 0.3 is 6.03 Å². The number of carbonyl (C=O) groups is 1. The Morgan fingerprint density at radius 2 is 1.79 bits per heavy atom. The Morgan fingerprint density at radius 3 is 2.45 bits per heavy atom. The number of pyridine rings is 1. The van der Waals surface area contributed by atoms with E-state index in [1.807, 2.05) is 20.8 Å². The lowest BCUT2D eigenvalue weighted by atomic mass is 9.92. The second kappa shape index (κ2) is 10.8. The Balaban J connectivity index is 1.46. The molecule has 0 aliphatic carbocycles. The number of urea groups is 1. The topological polar surface area (TPSA) is 143 Å². The smallest absolute Gasteiger partial charge is 0.324 e. The van der Waals surface area contributed by atoms with Gasteiger partial charge in [-0.3, -0.25) is 14.7 Å². The van der Waals surface area contributed by atoms with Crippen molar-refractivity contribution in [1.29, 1.82) is 5.26 Å². The number of benzene rings is 2. The third kappa shape index (κ3) is 5.40. The summed E-state index contributed by atoms with van der Waals surface area (Å²) >= 11 is 0. The standard InChI is InChI=1S/C30H28FN9O2/c1-30(2,3)24-14-25(40(38-24)20-9-6-17(15-32)7-10-20)36-29(42)35-23-13-18(8-11-22(23)31)21-12-19-16-34-28(33-4)37-26(19)39(5)27(21)41/h6-14,16H,1-5H3,(H,33,34,37)(H2,35,36,42). The first kappa shape index (κ1) is 28.0. The van der Waals surface area contributed by atoms with Crippen LogP contribution in [0.2, 0.25) is 0 Å². The van der Waals surface area contributed by atoms with Gasteiger partial charge in [0.15, 0.2) is 0 Å². The molecule has 0 spiro atoms. The maximum atomic E-state index is 14.9. The molecule has 0 atom stereocenters. The molecule has 212 valence electrons. The summed E-state index contributed by atoms with van der Waals surface area (Å²) < 4.78 is 17.8. The normalized spacial score (nSPS) is 11.3. The predicted octanol–water partition coefficient (Wildman–Crippen LogP) is 5.18. The highest BCUT2D eigenvalue weighted by molar-refractivity contribution is 6.00. The lowest BCUT2D eigenvalue weighted by Crippen LogP contribution is -2.22. The van der Waals surface area contributed by atoms with Gasteiger partial charge in [-0.1, -0.05) is 26.8 Å². The number of carbonyl (C=O) groups excluding carboxylic acids is 1. The molecular weight excluding hydrogens is 537 g/mol. The first-order chi connectivity index (χ1) is 20.0. The zero-order valence-electron chi connectivity index (χ0n) is 23.7. The van der Waals surface area contributed by atoms with Crippen molar-refractivity contribution in [3.8, 4) is 22.9 Å². The highest BCUT2D eigenvalue weighted by atomic mass is 19.1. The predicted molar refractivity (Wildman–Crippen MR) is 159 cm³/mol. The molecule has 0 fully saturated rings. The van der Waals surface area contributed by atoms with E-state index in [0.29, 0.717) is 50.9 Å². The van der Waals surface area contributed by atoms with Crippen molar-refractivity contribution in [3.05, 3.63) is 88.2 Å². The summed E-state index contributed by atoms with van der Waals surface area (Å²) in [6, 6.07) is 15.6. The molecule has 2 amide bonds. The van der Waals surface area contributed by atoms with Gasteiger partial charge < -0.3 is 10.6 Å². The average molecular weight is 566 g/mol. The molecule has 3 N–H and O–H groups in total. The number of hydrogen-bond acceptors (Lipinski definition) is 7. The molecule has 42 heavy (non-hydrogen) atoms. The zero-order chi connectivity index (χ0) is 30.2. The second-order valence-electron chi connectivity index (χ2n) is 10.7. The van der Waals surface area contributed by atoms with Crippen LogP contribution in [0.4, 0.5) is 26.6 Å². The van der Waals surface area contributed by atoms with Crippen molar-refractivity contribution in [2.24, 2.45) is 7.05 Å². The van der Waals surface area contributed by atoms with E-state index in [1.165, 1.54) is 22.8 Å². The fourth-order valence-corrected chi connectivity index (χ4v) is 4.34. The number of aromatic nitrogens is 5. The van der Waals surface area contributed by atoms with Crippen molar-refractivity contribution in [1.82, 2.24) is 24.3 Å². The Bertz CT molecular complexity index is 1930. The fourth-order valence-electron chi connectivity index (χ4n) is 4.34. The molecule has 11 nitrogen and oxygen atoms in total. The summed E-state index contributed by atoms with van der Waals surface area (Å²) in [6.07, 6.45) is 1.59. The average Bonchev–Trinajstić information content (AvgIpc) is 3.40. The van der Waals surface area contributed by atoms with E-state index in [9.17, 15) is 14.0 Å². The first-order valence-electron chi connectivity index (χ1n) is 13.0. The van der Waals surface area contributed by atoms with Crippen molar-refractivity contribution in [3.63, 3.8) is 0 Å². The van der Waals surface area contributed by atoms with Crippen LogP contribution >= 0.6 is 0 Å². The Hall–Kier alpha value is -5.57. The Morgan fingerprint density at radius 1 is 1.05 bits per heavy atom. The number of aryl methyl sites for hydroxylation is 1. The molecule has 5 rings (SSSR count). The van der Waals surface area contributed by atoms with Gasteiger partial charge in [-0.25, -0.2) is 18.9 Å². The maximum Gasteiger partial charge on any atom is 0.324 e. The van der Waals surface area contributed by atoms with E-state index < -0.39 is 11.8 Å². The number of hydrogen-bond donors (Lipinski definition) is 3. The van der Waals surface area contributed by atoms with Gasteiger partial charge in [0.1, 0.15) is 17.3 Å². The summed E-state index contributed by atoms with van der Waals surface area (Å²) in [7, 11) is 3.28. The monoisotopic (exact) mass is 565 g/mol. The van der Waals surface area contributed by atoms with Crippen LogP contribution in [-0.4, -0.2) is 37.4 Å². The van der Waals surface area contributed by atoms with Gasteiger partial charge in [0.25, 0.3) is 5.56 Å². The number of fused-ring (bicyclic) bond motifs is 1. The molecule has 5 aromatic rings. The van der Waals surface area contributed by atoms with Gasteiger partial charge in [-0.15, -0.1) is 0 Å². The van der Waals surface area contributed by atoms with E-state index in [1.54, 1.807) is 61.4 Å². The SMILES string of the molecule is CNc1ncc2cc(-c3ccc(F)c(NC(=O)Nc4cc(C(C)(C)C)nn4-c4ccc(C#N)cc4)c3)c(=O)n(C)c2n1. The number of anilines is 3. The maximum absolute atomic E-state index is 14.9. The number of nitrogens with one attached hydrogen (secondary N) is 3. The molecule has 0 aliphatic rings. The van der Waals surface area contributed by atoms with Gasteiger partial charge in [0.2, 0.25) is 5.95 Å². The number of nitrogens with zero attached hydrogens (tertiary/aromatic N) is 6. The molecule has 0 unspecified atom stereocenters. The minimum atomic E-state index is -0.708. The second-order valence-corrected chi connectivity index (χ2v) is 10.7. The van der Waals surface area contributed by atoms with Crippen LogP contribution in [-0.2, 0) is 12.5 Å². The lowest BCUT2D eigenvalue weighted by molar-refractivity contribution is 0.262. The molecule has 0 saturated heterocycles. The summed E-state index contributed by atoms with van der Waals surface area (Å²) in [5.41, 5.74) is 2.20. The van der Waals surface area contributed by atoms with Crippen molar-refractivity contribution < 1.29 is 9.18 Å². The summed E-state index contributed by atoms with van der Waals surface area (Å²) in [5, 5.41) is 22.6. The summed E-state index contributed by atoms with van der Waals surface area (Å²) in [4.78, 5) is 34.9. The summed E-state index contributed by atoms with van der Waals surface area (Å²) in [6.45, 7) is 5.98. The van der Waals surface area contributed by atoms with Crippen LogP contribution in [0.25, 0.3) is 27.8 Å². The Kier molecular flexibility index (Phi) is 7.18. The lowest BCUT2D eigenvalue weighted by Gasteiger charge is -2.14. The molecule has 3 heterocycles. The van der Waals surface area contributed by atoms with Gasteiger partial charge in [-0.05, 0) is 48.0 Å². The van der Waals surface area contributed by atoms with Gasteiger partial charge in [-0.2, -0.15) is 15.3 Å². The van der Waals surface area contributed by atoms with E-state index >= 15 is 0 Å². The van der Waals surface area contributed by atoms with Gasteiger partial charge in [0.05, 0.1) is 28.7 Å². The third-order valence-corrected chi connectivity index (χ3v) is 6.66. The number of amides is 2. The van der Waals surface area contributed by atoms with E-state index in [-0.39, 0.29) is 16.7 Å². The van der Waals surface area contributed by atoms with E-state index in [0.717, 1.165) is 0 Å². The van der Waals surface area contributed by atoms with Crippen molar-refractivity contribution in [2.75, 3.05) is 23.0 Å². The molecule has 0 radical (unpaired) electrons. The number of nitriles is 1. The Labute approximate surface area is 240 Å². The van der Waals surface area contributed by atoms with Crippen LogP contribution in [0.3, 0.4) is 0 Å². The first-order valence-corrected chi connectivity index (χ1v) is 13.0. The minimum Gasteiger partial charge on any atom is -0.357 e. The molecule has 0 saturated carbocycles. The number of halogens is 1. The zero-order valence-corrected chi connectivity index (χ0v) is 23.7. The van der Waals surface area contributed by atoms with Crippen LogP contribution in [0.15, 0.2) is 65.6 Å². The molecule has 3 aromatic heterocycles. The molecule has 0 aliphatic heterocycles. The largest absolute Gasteiger partial charge is 0.357 e. The van der Waals surface area contributed by atoms with Crippen molar-refractivity contribution in [2.45, 2.75) is 26.2 Å². The van der Waals surface area contributed by atoms with Crippen molar-refractivity contribution >= 4 is 34.5 Å². The fraction of sp³-hybridized carbons (Fsp3) is 0.200. The highest BCUT2D eigenvalue weighted by Crippen LogP contribution is 2.28. The minimum absolute atomic E-state index is 0.116. The van der Waals surface area contributed by atoms with E-state index in [4.69, 9.17) is 5.26 Å². The quantitative estimate of drug-likeness (QED) is 0.267. The third-order valence-electron chi connectivity index (χ3n) is 6.66. The van der Waals surface area contributed by atoms with Crippen LogP contribution in [0.5, 0.6) is 0 Å². The van der Waals surface area contributed by atoms with E-state index in [2.05, 4.69) is 37.1 Å². The van der Waals surface area contributed by atoms with Crippen LogP contribution in [0, 0.1) is 17.1 Å². The van der Waals surface area contributed by atoms with Crippen LogP contribution < -0.4 is 21.5 Å². The highest BCUT2D eigenvalue weighted by Gasteiger charge is 2.22. The molecule has 12 heteroatoms. The summed E-state index contributed by atoms with van der Waals surface area (Å²) in [5.74, 6) is 0.0483. The molecule has 2 aromatic carbocycles. The van der Waals surface area contributed by atoms with Gasteiger partial charge in [0, 0.05) is 42.7 Å².